The number of nitrogens with one attached hydrogen (secondary N) is 3. The molecule has 1 aromatic heterocycles. The van der Waals surface area contributed by atoms with E-state index in [2.05, 4.69) is 20.5 Å². The lowest BCUT2D eigenvalue weighted by molar-refractivity contribution is -0.157. The van der Waals surface area contributed by atoms with Crippen LogP contribution in [0.25, 0.3) is 0 Å². The molecular weight excluding hydrogens is 322 g/mol. The minimum absolute atomic E-state index is 0.116. The van der Waals surface area contributed by atoms with Gasteiger partial charge in [-0.1, -0.05) is 29.8 Å². The predicted octanol–water partition coefficient (Wildman–Crippen LogP) is 0.0497. The number of aromatic amines is 2. The molecule has 25 heavy (non-hydrogen) atoms. The lowest BCUT2D eigenvalue weighted by Crippen LogP contribution is -2.57. The molecule has 0 spiro atoms. The first kappa shape index (κ1) is 17.4. The summed E-state index contributed by atoms with van der Waals surface area (Å²) in [6.45, 7) is 3.54. The van der Waals surface area contributed by atoms with Crippen molar-refractivity contribution in [2.75, 3.05) is 13.1 Å². The quantitative estimate of drug-likeness (QED) is 0.591. The summed E-state index contributed by atoms with van der Waals surface area (Å²) in [6.07, 6.45) is 1.16. The van der Waals surface area contributed by atoms with E-state index in [0.717, 1.165) is 17.5 Å². The Kier molecular flexibility index (Phi) is 5.00. The van der Waals surface area contributed by atoms with Crippen molar-refractivity contribution < 1.29 is 9.90 Å². The fourth-order valence-electron chi connectivity index (χ4n) is 3.19. The van der Waals surface area contributed by atoms with Gasteiger partial charge in [0.05, 0.1) is 6.54 Å². The van der Waals surface area contributed by atoms with Crippen molar-refractivity contribution in [3.05, 3.63) is 51.7 Å². The van der Waals surface area contributed by atoms with Crippen LogP contribution in [0.1, 0.15) is 29.8 Å². The zero-order valence-electron chi connectivity index (χ0n) is 14.2. The Morgan fingerprint density at radius 2 is 2.24 bits per heavy atom. The highest BCUT2D eigenvalue weighted by Gasteiger charge is 2.41. The highest BCUT2D eigenvalue weighted by Crippen LogP contribution is 2.24. The molecule has 1 amide bonds. The normalized spacial score (nSPS) is 20.9. The molecule has 0 saturated carbocycles. The third kappa shape index (κ3) is 4.15. The van der Waals surface area contributed by atoms with Gasteiger partial charge in [-0.3, -0.25) is 9.78 Å². The second-order valence-electron chi connectivity index (χ2n) is 6.58. The van der Waals surface area contributed by atoms with Crippen molar-refractivity contribution in [1.29, 1.82) is 0 Å². The fraction of sp³-hybridized carbons (Fsp3) is 0.471. The molecule has 1 fully saturated rings. The number of carbonyl (C=O) groups is 1. The number of H-pyrrole nitrogens is 2. The molecule has 8 heteroatoms. The predicted molar refractivity (Wildman–Crippen MR) is 91.7 cm³/mol. The maximum absolute atomic E-state index is 12.7. The maximum Gasteiger partial charge on any atom is 0.340 e. The van der Waals surface area contributed by atoms with E-state index < -0.39 is 5.60 Å². The third-order valence-corrected chi connectivity index (χ3v) is 4.42. The summed E-state index contributed by atoms with van der Waals surface area (Å²) in [7, 11) is 0. The molecule has 1 unspecified atom stereocenters. The number of hydrogen-bond donors (Lipinski definition) is 4. The zero-order valence-corrected chi connectivity index (χ0v) is 14.2. The number of piperidine rings is 1. The largest absolute Gasteiger partial charge is 0.379 e. The highest BCUT2D eigenvalue weighted by atomic mass is 16.3. The van der Waals surface area contributed by atoms with Gasteiger partial charge < -0.3 is 15.3 Å². The highest BCUT2D eigenvalue weighted by molar-refractivity contribution is 5.86. The van der Waals surface area contributed by atoms with Gasteiger partial charge in [0.1, 0.15) is 5.82 Å². The molecule has 8 nitrogen and oxygen atoms in total. The van der Waals surface area contributed by atoms with Gasteiger partial charge in [0, 0.05) is 19.6 Å². The van der Waals surface area contributed by atoms with Gasteiger partial charge in [0.2, 0.25) is 0 Å². The van der Waals surface area contributed by atoms with Crippen LogP contribution in [-0.2, 0) is 17.9 Å². The molecule has 1 aliphatic rings. The van der Waals surface area contributed by atoms with E-state index in [4.69, 9.17) is 0 Å². The summed E-state index contributed by atoms with van der Waals surface area (Å²) in [6, 6.07) is 8.02. The van der Waals surface area contributed by atoms with Crippen molar-refractivity contribution in [3.63, 3.8) is 0 Å². The van der Waals surface area contributed by atoms with Crippen molar-refractivity contribution in [1.82, 2.24) is 25.4 Å². The topological polar surface area (TPSA) is 114 Å². The molecule has 1 saturated heterocycles. The first-order valence-electron chi connectivity index (χ1n) is 8.38. The molecule has 4 N–H and O–H groups in total. The lowest BCUT2D eigenvalue weighted by Gasteiger charge is -2.38. The van der Waals surface area contributed by atoms with Gasteiger partial charge in [-0.05, 0) is 25.3 Å². The molecule has 1 atom stereocenters. The van der Waals surface area contributed by atoms with Crippen LogP contribution in [0.3, 0.4) is 0 Å². The van der Waals surface area contributed by atoms with Gasteiger partial charge in [-0.15, -0.1) is 0 Å². The Morgan fingerprint density at radius 3 is 2.96 bits per heavy atom. The number of likely N-dealkylation sites (tertiary alicyclic amines) is 1. The fourth-order valence-corrected chi connectivity index (χ4v) is 3.19. The van der Waals surface area contributed by atoms with E-state index in [1.165, 1.54) is 0 Å². The van der Waals surface area contributed by atoms with Crippen molar-refractivity contribution in [2.45, 2.75) is 38.5 Å². The summed E-state index contributed by atoms with van der Waals surface area (Å²) >= 11 is 0. The number of hydrogen-bond acceptors (Lipinski definition) is 5. The maximum atomic E-state index is 12.7. The number of aryl methyl sites for hydroxylation is 1. The van der Waals surface area contributed by atoms with Crippen LogP contribution < -0.4 is 11.0 Å². The summed E-state index contributed by atoms with van der Waals surface area (Å²) in [5.41, 5.74) is 0.388. The zero-order chi connectivity index (χ0) is 17.9. The van der Waals surface area contributed by atoms with E-state index in [1.807, 2.05) is 31.2 Å². The van der Waals surface area contributed by atoms with Crippen LogP contribution in [0.2, 0.25) is 0 Å². The Hall–Kier alpha value is -2.45. The van der Waals surface area contributed by atoms with E-state index >= 15 is 0 Å². The first-order valence-corrected chi connectivity index (χ1v) is 8.38. The van der Waals surface area contributed by atoms with Crippen LogP contribution in [0, 0.1) is 6.92 Å². The molecule has 0 radical (unpaired) electrons. The molecule has 2 heterocycles. The third-order valence-electron chi connectivity index (χ3n) is 4.42. The lowest BCUT2D eigenvalue weighted by atomic mass is 9.91. The smallest absolute Gasteiger partial charge is 0.340 e. The van der Waals surface area contributed by atoms with Gasteiger partial charge in [0.15, 0.2) is 5.60 Å². The SMILES string of the molecule is Cc1cccc(CN2CCCC(O)(CNCc3n[nH]c(=O)[nH]3)C2=O)c1. The average Bonchev–Trinajstić information content (AvgIpc) is 2.98. The van der Waals surface area contributed by atoms with Crippen LogP contribution >= 0.6 is 0 Å². The number of carbonyl (C=O) groups excluding carboxylic acids is 1. The van der Waals surface area contributed by atoms with Gasteiger partial charge in [-0.25, -0.2) is 9.89 Å². The number of benzene rings is 1. The summed E-state index contributed by atoms with van der Waals surface area (Å²) in [5.74, 6) is 0.178. The van der Waals surface area contributed by atoms with Gasteiger partial charge in [0.25, 0.3) is 5.91 Å². The van der Waals surface area contributed by atoms with E-state index in [9.17, 15) is 14.7 Å². The Balaban J connectivity index is 1.60. The van der Waals surface area contributed by atoms with Crippen LogP contribution in [-0.4, -0.2) is 49.8 Å². The number of aromatic nitrogens is 3. The monoisotopic (exact) mass is 345 g/mol. The minimum atomic E-state index is -1.43. The molecule has 2 aromatic rings. The summed E-state index contributed by atoms with van der Waals surface area (Å²) in [5, 5.41) is 19.8. The van der Waals surface area contributed by atoms with Crippen LogP contribution in [0.4, 0.5) is 0 Å². The van der Waals surface area contributed by atoms with E-state index in [-0.39, 0.29) is 24.7 Å². The minimum Gasteiger partial charge on any atom is -0.379 e. The van der Waals surface area contributed by atoms with E-state index in [0.29, 0.717) is 25.3 Å². The Morgan fingerprint density at radius 1 is 1.40 bits per heavy atom. The molecule has 1 aliphatic heterocycles. The standard InChI is InChI=1S/C17H23N5O3/c1-12-4-2-5-13(8-12)10-22-7-3-6-17(25,15(22)23)11-18-9-14-19-16(24)21-20-14/h2,4-5,8,18,25H,3,6-7,9-11H2,1H3,(H2,19,20,21,24). The van der Waals surface area contributed by atoms with E-state index in [1.54, 1.807) is 4.90 Å². The first-order chi connectivity index (χ1) is 12.0. The van der Waals surface area contributed by atoms with Crippen molar-refractivity contribution in [3.8, 4) is 0 Å². The summed E-state index contributed by atoms with van der Waals surface area (Å²) in [4.78, 5) is 28.0. The number of nitrogens with zero attached hydrogens (tertiary/aromatic N) is 2. The second-order valence-corrected chi connectivity index (χ2v) is 6.58. The number of rotatable bonds is 6. The second kappa shape index (κ2) is 7.20. The molecule has 1 aromatic carbocycles. The van der Waals surface area contributed by atoms with Gasteiger partial charge in [-0.2, -0.15) is 5.10 Å². The summed E-state index contributed by atoms with van der Waals surface area (Å²) < 4.78 is 0. The molecule has 3 rings (SSSR count). The van der Waals surface area contributed by atoms with Crippen LogP contribution in [0.15, 0.2) is 29.1 Å². The molecular formula is C17H23N5O3. The average molecular weight is 345 g/mol. The molecule has 0 bridgehead atoms. The molecule has 0 aliphatic carbocycles. The van der Waals surface area contributed by atoms with Crippen LogP contribution in [0.5, 0.6) is 0 Å². The Bertz CT molecular complexity index is 799. The number of amides is 1. The van der Waals surface area contributed by atoms with Crippen molar-refractivity contribution in [2.24, 2.45) is 0 Å². The molecule has 134 valence electrons. The van der Waals surface area contributed by atoms with Gasteiger partial charge >= 0.3 is 5.69 Å². The number of aliphatic hydroxyl groups is 1. The van der Waals surface area contributed by atoms with Crippen molar-refractivity contribution >= 4 is 5.91 Å². The Labute approximate surface area is 145 Å².